The van der Waals surface area contributed by atoms with E-state index in [1.165, 1.54) is 0 Å². The number of alkyl halides is 2. The lowest BCUT2D eigenvalue weighted by Gasteiger charge is -2.33. The number of para-hydroxylation sites is 1. The summed E-state index contributed by atoms with van der Waals surface area (Å²) in [6, 6.07) is 10.6. The van der Waals surface area contributed by atoms with Crippen LogP contribution in [0.15, 0.2) is 41.2 Å². The first-order chi connectivity index (χ1) is 14.7. The quantitative estimate of drug-likeness (QED) is 0.620. The van der Waals surface area contributed by atoms with Crippen LogP contribution in [0, 0.1) is 5.92 Å². The number of hydrogen-bond acceptors (Lipinski definition) is 5. The van der Waals surface area contributed by atoms with Gasteiger partial charge in [-0.1, -0.05) is 32.9 Å². The van der Waals surface area contributed by atoms with Gasteiger partial charge in [-0.2, -0.15) is 5.10 Å². The minimum atomic E-state index is -2.71. The van der Waals surface area contributed by atoms with E-state index in [2.05, 4.69) is 35.8 Å². The van der Waals surface area contributed by atoms with Crippen LogP contribution >= 0.6 is 0 Å². The number of aromatic nitrogens is 4. The summed E-state index contributed by atoms with van der Waals surface area (Å²) < 4.78 is 28.2. The molecule has 1 aliphatic heterocycles. The van der Waals surface area contributed by atoms with Crippen molar-refractivity contribution >= 4 is 16.7 Å². The number of fused-ring (bicyclic) bond motifs is 1. The summed E-state index contributed by atoms with van der Waals surface area (Å²) in [6.07, 6.45) is -1.05. The molecule has 3 aromatic rings. The highest BCUT2D eigenvalue weighted by Gasteiger charge is 2.25. The molecule has 31 heavy (non-hydrogen) atoms. The molecule has 0 atom stereocenters. The normalized spacial score (nSPS) is 15.7. The number of hydrogen-bond donors (Lipinski definition) is 0. The Bertz CT molecular complexity index is 1130. The molecule has 4 rings (SSSR count). The maximum Gasteiger partial charge on any atom is 0.297 e. The molecule has 0 N–H and O–H groups in total. The highest BCUT2D eigenvalue weighted by molar-refractivity contribution is 5.89. The monoisotopic (exact) mass is 427 g/mol. The van der Waals surface area contributed by atoms with Crippen LogP contribution in [0.1, 0.15) is 51.6 Å². The zero-order valence-electron chi connectivity index (χ0n) is 18.1. The van der Waals surface area contributed by atoms with Crippen molar-refractivity contribution in [2.75, 3.05) is 18.0 Å². The summed E-state index contributed by atoms with van der Waals surface area (Å²) in [5, 5.41) is 5.35. The first kappa shape index (κ1) is 21.3. The van der Waals surface area contributed by atoms with Crippen molar-refractivity contribution in [1.29, 1.82) is 0 Å². The Morgan fingerprint density at radius 2 is 1.77 bits per heavy atom. The minimum absolute atomic E-state index is 0.0983. The number of halogens is 2. The number of anilines is 1. The van der Waals surface area contributed by atoms with Gasteiger partial charge in [0.2, 0.25) is 0 Å². The van der Waals surface area contributed by atoms with Crippen LogP contribution in [0.2, 0.25) is 0 Å². The summed E-state index contributed by atoms with van der Waals surface area (Å²) in [5.74, 6) is 0.411. The van der Waals surface area contributed by atoms with Crippen molar-refractivity contribution < 1.29 is 8.78 Å². The topological polar surface area (TPSA) is 63.9 Å². The third-order valence-electron chi connectivity index (χ3n) is 5.78. The van der Waals surface area contributed by atoms with Crippen LogP contribution in [-0.4, -0.2) is 32.8 Å². The van der Waals surface area contributed by atoms with Crippen LogP contribution in [0.25, 0.3) is 10.9 Å². The Morgan fingerprint density at radius 3 is 2.45 bits per heavy atom. The number of rotatable bonds is 4. The van der Waals surface area contributed by atoms with Crippen molar-refractivity contribution in [2.45, 2.75) is 52.0 Å². The van der Waals surface area contributed by atoms with E-state index in [0.29, 0.717) is 36.9 Å². The Labute approximate surface area is 179 Å². The number of nitrogens with zero attached hydrogens (tertiary/aromatic N) is 5. The highest BCUT2D eigenvalue weighted by Crippen LogP contribution is 2.30. The predicted octanol–water partition coefficient (Wildman–Crippen LogP) is 4.34. The van der Waals surface area contributed by atoms with Gasteiger partial charge in [0, 0.05) is 36.5 Å². The standard InChI is InChI=1S/C23H27F2N5O/c1-23(2,3)18-8-9-19(31)30(28-18)14-15-10-12-29(13-11-15)22-16-6-4-5-7-17(16)26-21(27-22)20(24)25/h4-9,15,20H,10-14H2,1-3H3. The fourth-order valence-electron chi connectivity index (χ4n) is 3.97. The molecule has 1 fully saturated rings. The molecule has 1 aromatic carbocycles. The zero-order chi connectivity index (χ0) is 22.2. The second-order valence-electron chi connectivity index (χ2n) is 9.14. The van der Waals surface area contributed by atoms with Gasteiger partial charge in [-0.15, -0.1) is 0 Å². The van der Waals surface area contributed by atoms with Gasteiger partial charge in [0.15, 0.2) is 5.82 Å². The van der Waals surface area contributed by atoms with Gasteiger partial charge >= 0.3 is 0 Å². The lowest BCUT2D eigenvalue weighted by molar-refractivity contribution is 0.141. The summed E-state index contributed by atoms with van der Waals surface area (Å²) in [7, 11) is 0. The molecular weight excluding hydrogens is 400 g/mol. The minimum Gasteiger partial charge on any atom is -0.356 e. The van der Waals surface area contributed by atoms with E-state index in [1.807, 2.05) is 17.0 Å². The lowest BCUT2D eigenvalue weighted by atomic mass is 9.92. The third-order valence-corrected chi connectivity index (χ3v) is 5.78. The van der Waals surface area contributed by atoms with E-state index >= 15 is 0 Å². The maximum atomic E-state index is 13.3. The fraction of sp³-hybridized carbons (Fsp3) is 0.478. The molecule has 1 aliphatic rings. The van der Waals surface area contributed by atoms with Crippen molar-refractivity contribution in [1.82, 2.24) is 19.7 Å². The zero-order valence-corrected chi connectivity index (χ0v) is 18.1. The average Bonchev–Trinajstić information content (AvgIpc) is 2.74. The number of benzene rings is 1. The van der Waals surface area contributed by atoms with Gasteiger partial charge in [-0.3, -0.25) is 4.79 Å². The van der Waals surface area contributed by atoms with Gasteiger partial charge < -0.3 is 4.90 Å². The highest BCUT2D eigenvalue weighted by atomic mass is 19.3. The summed E-state index contributed by atoms with van der Waals surface area (Å²) >= 11 is 0. The van der Waals surface area contributed by atoms with Crippen LogP contribution in [0.4, 0.5) is 14.6 Å². The second kappa shape index (κ2) is 8.32. The summed E-state index contributed by atoms with van der Waals surface area (Å²) in [5.41, 5.74) is 1.19. The SMILES string of the molecule is CC(C)(C)c1ccc(=O)n(CC2CCN(c3nc(C(F)F)nc4ccccc34)CC2)n1. The Hall–Kier alpha value is -2.90. The molecule has 3 heterocycles. The Kier molecular flexibility index (Phi) is 5.73. The molecule has 6 nitrogen and oxygen atoms in total. The van der Waals surface area contributed by atoms with E-state index in [1.54, 1.807) is 28.9 Å². The van der Waals surface area contributed by atoms with Gasteiger partial charge in [0.05, 0.1) is 11.2 Å². The molecule has 1 saturated heterocycles. The molecule has 0 saturated carbocycles. The van der Waals surface area contributed by atoms with E-state index in [4.69, 9.17) is 0 Å². The Balaban J connectivity index is 1.52. The molecule has 0 bridgehead atoms. The van der Waals surface area contributed by atoms with Crippen LogP contribution < -0.4 is 10.5 Å². The van der Waals surface area contributed by atoms with Gasteiger partial charge in [-0.25, -0.2) is 23.4 Å². The third kappa shape index (κ3) is 4.57. The summed E-state index contributed by atoms with van der Waals surface area (Å²) in [4.78, 5) is 22.5. The molecule has 0 unspecified atom stereocenters. The van der Waals surface area contributed by atoms with Crippen LogP contribution in [-0.2, 0) is 12.0 Å². The maximum absolute atomic E-state index is 13.3. The molecule has 0 radical (unpaired) electrons. The van der Waals surface area contributed by atoms with Crippen molar-refractivity contribution in [3.63, 3.8) is 0 Å². The lowest BCUT2D eigenvalue weighted by Crippen LogP contribution is -2.38. The molecule has 0 spiro atoms. The van der Waals surface area contributed by atoms with Crippen LogP contribution in [0.5, 0.6) is 0 Å². The van der Waals surface area contributed by atoms with Crippen molar-refractivity contribution in [3.05, 3.63) is 58.3 Å². The van der Waals surface area contributed by atoms with Gasteiger partial charge in [0.1, 0.15) is 5.82 Å². The second-order valence-corrected chi connectivity index (χ2v) is 9.14. The fourth-order valence-corrected chi connectivity index (χ4v) is 3.97. The average molecular weight is 427 g/mol. The molecule has 0 amide bonds. The smallest absolute Gasteiger partial charge is 0.297 e. The van der Waals surface area contributed by atoms with Gasteiger partial charge in [0.25, 0.3) is 12.0 Å². The van der Waals surface area contributed by atoms with E-state index in [-0.39, 0.29) is 11.0 Å². The molecule has 0 aliphatic carbocycles. The molecule has 164 valence electrons. The van der Waals surface area contributed by atoms with Crippen molar-refractivity contribution in [2.24, 2.45) is 5.92 Å². The largest absolute Gasteiger partial charge is 0.356 e. The summed E-state index contributed by atoms with van der Waals surface area (Å²) in [6.45, 7) is 8.14. The first-order valence-electron chi connectivity index (χ1n) is 10.6. The number of piperidine rings is 1. The Morgan fingerprint density at radius 1 is 1.06 bits per heavy atom. The molecular formula is C23H27F2N5O. The van der Waals surface area contributed by atoms with Gasteiger partial charge in [-0.05, 0) is 37.0 Å². The predicted molar refractivity (Wildman–Crippen MR) is 117 cm³/mol. The van der Waals surface area contributed by atoms with E-state index < -0.39 is 12.2 Å². The molecule has 2 aromatic heterocycles. The van der Waals surface area contributed by atoms with Crippen molar-refractivity contribution in [3.8, 4) is 0 Å². The van der Waals surface area contributed by atoms with E-state index in [0.717, 1.165) is 23.9 Å². The van der Waals surface area contributed by atoms with Crippen LogP contribution in [0.3, 0.4) is 0 Å². The molecule has 8 heteroatoms. The van der Waals surface area contributed by atoms with E-state index in [9.17, 15) is 13.6 Å². The first-order valence-corrected chi connectivity index (χ1v) is 10.6.